The molecular weight excluding hydrogens is 300 g/mol. The molecule has 6 heteroatoms. The maximum absolute atomic E-state index is 12.2. The molecule has 22 heavy (non-hydrogen) atoms. The molecule has 0 saturated carbocycles. The number of nitrogens with zero attached hydrogens (tertiary/aromatic N) is 1. The number of amides is 1. The third-order valence-electron chi connectivity index (χ3n) is 3.11. The lowest BCUT2D eigenvalue weighted by Gasteiger charge is -2.07. The molecule has 0 atom stereocenters. The van der Waals surface area contributed by atoms with Crippen LogP contribution >= 0.6 is 0 Å². The molecule has 0 aliphatic heterocycles. The smallest absolute Gasteiger partial charge is 0.264 e. The number of carbonyl (C=O) groups excluding carboxylic acids is 1. The first-order chi connectivity index (χ1) is 10.5. The SMILES string of the molecule is CCCc1ccc(S(=O)(=O)NC(=O)Cc2cccnc2)cc1. The van der Waals surface area contributed by atoms with E-state index in [4.69, 9.17) is 0 Å². The molecule has 1 aromatic carbocycles. The highest BCUT2D eigenvalue weighted by Crippen LogP contribution is 2.12. The number of nitrogens with one attached hydrogen (secondary N) is 1. The summed E-state index contributed by atoms with van der Waals surface area (Å²) in [4.78, 5) is 15.8. The van der Waals surface area contributed by atoms with Crippen LogP contribution in [-0.4, -0.2) is 19.3 Å². The molecule has 1 amide bonds. The summed E-state index contributed by atoms with van der Waals surface area (Å²) in [6, 6.07) is 9.99. The quantitative estimate of drug-likeness (QED) is 0.885. The molecular formula is C16H18N2O3S. The molecule has 0 aliphatic carbocycles. The van der Waals surface area contributed by atoms with Crippen LogP contribution in [0, 0.1) is 0 Å². The summed E-state index contributed by atoms with van der Waals surface area (Å²) >= 11 is 0. The molecule has 1 heterocycles. The number of hydrogen-bond donors (Lipinski definition) is 1. The molecule has 5 nitrogen and oxygen atoms in total. The topological polar surface area (TPSA) is 76.1 Å². The number of aryl methyl sites for hydroxylation is 1. The van der Waals surface area contributed by atoms with E-state index in [1.54, 1.807) is 30.5 Å². The van der Waals surface area contributed by atoms with Crippen molar-refractivity contribution in [3.63, 3.8) is 0 Å². The van der Waals surface area contributed by atoms with Gasteiger partial charge >= 0.3 is 0 Å². The lowest BCUT2D eigenvalue weighted by molar-refractivity contribution is -0.118. The van der Waals surface area contributed by atoms with E-state index in [1.807, 2.05) is 0 Å². The fourth-order valence-electron chi connectivity index (χ4n) is 2.06. The van der Waals surface area contributed by atoms with E-state index in [9.17, 15) is 13.2 Å². The first kappa shape index (κ1) is 16.2. The van der Waals surface area contributed by atoms with Crippen molar-refractivity contribution in [1.29, 1.82) is 0 Å². The lowest BCUT2D eigenvalue weighted by Crippen LogP contribution is -2.31. The van der Waals surface area contributed by atoms with Crippen LogP contribution in [0.5, 0.6) is 0 Å². The predicted molar refractivity (Wildman–Crippen MR) is 83.7 cm³/mol. The van der Waals surface area contributed by atoms with Gasteiger partial charge in [0.15, 0.2) is 0 Å². The Bertz CT molecular complexity index is 726. The van der Waals surface area contributed by atoms with E-state index in [0.717, 1.165) is 18.4 Å². The van der Waals surface area contributed by atoms with Gasteiger partial charge in [-0.2, -0.15) is 0 Å². The Morgan fingerprint density at radius 3 is 2.45 bits per heavy atom. The van der Waals surface area contributed by atoms with Crippen LogP contribution in [0.3, 0.4) is 0 Å². The van der Waals surface area contributed by atoms with Gasteiger partial charge in [0.05, 0.1) is 11.3 Å². The summed E-state index contributed by atoms with van der Waals surface area (Å²) in [5.74, 6) is -0.578. The molecule has 0 spiro atoms. The molecule has 0 aliphatic rings. The second-order valence-corrected chi connectivity index (χ2v) is 6.64. The minimum absolute atomic E-state index is 0.0268. The molecule has 116 valence electrons. The van der Waals surface area contributed by atoms with Gasteiger partial charge in [-0.1, -0.05) is 31.5 Å². The minimum Gasteiger partial charge on any atom is -0.274 e. The predicted octanol–water partition coefficient (Wildman–Crippen LogP) is 2.08. The minimum atomic E-state index is -3.83. The average molecular weight is 318 g/mol. The van der Waals surface area contributed by atoms with Gasteiger partial charge in [-0.3, -0.25) is 9.78 Å². The van der Waals surface area contributed by atoms with Gasteiger partial charge in [-0.05, 0) is 35.7 Å². The first-order valence-electron chi connectivity index (χ1n) is 7.05. The summed E-state index contributed by atoms with van der Waals surface area (Å²) in [5, 5.41) is 0. The summed E-state index contributed by atoms with van der Waals surface area (Å²) in [6.07, 6.45) is 4.99. The molecule has 0 radical (unpaired) electrons. The number of carbonyl (C=O) groups is 1. The Labute approximate surface area is 130 Å². The highest BCUT2D eigenvalue weighted by atomic mass is 32.2. The number of rotatable bonds is 6. The van der Waals surface area contributed by atoms with Crippen molar-refractivity contribution in [3.05, 3.63) is 59.9 Å². The van der Waals surface area contributed by atoms with Crippen molar-refractivity contribution in [1.82, 2.24) is 9.71 Å². The Hall–Kier alpha value is -2.21. The van der Waals surface area contributed by atoms with E-state index in [0.29, 0.717) is 5.56 Å². The molecule has 0 unspecified atom stereocenters. The molecule has 0 saturated heterocycles. The van der Waals surface area contributed by atoms with Crippen molar-refractivity contribution >= 4 is 15.9 Å². The summed E-state index contributed by atoms with van der Waals surface area (Å²) in [6.45, 7) is 2.06. The zero-order valence-corrected chi connectivity index (χ0v) is 13.1. The fraction of sp³-hybridized carbons (Fsp3) is 0.250. The van der Waals surface area contributed by atoms with Crippen LogP contribution in [0.2, 0.25) is 0 Å². The van der Waals surface area contributed by atoms with Crippen molar-refractivity contribution < 1.29 is 13.2 Å². The monoisotopic (exact) mass is 318 g/mol. The van der Waals surface area contributed by atoms with Crippen LogP contribution in [0.25, 0.3) is 0 Å². The van der Waals surface area contributed by atoms with Crippen LogP contribution in [-0.2, 0) is 27.7 Å². The number of benzene rings is 1. The van der Waals surface area contributed by atoms with E-state index in [1.165, 1.54) is 18.3 Å². The van der Waals surface area contributed by atoms with Gasteiger partial charge in [0, 0.05) is 12.4 Å². The summed E-state index contributed by atoms with van der Waals surface area (Å²) in [7, 11) is -3.83. The van der Waals surface area contributed by atoms with Crippen molar-refractivity contribution in [3.8, 4) is 0 Å². The van der Waals surface area contributed by atoms with Crippen LogP contribution < -0.4 is 4.72 Å². The van der Waals surface area contributed by atoms with Crippen molar-refractivity contribution in [2.24, 2.45) is 0 Å². The van der Waals surface area contributed by atoms with E-state index >= 15 is 0 Å². The molecule has 2 aromatic rings. The van der Waals surface area contributed by atoms with Crippen LogP contribution in [0.1, 0.15) is 24.5 Å². The number of sulfonamides is 1. The van der Waals surface area contributed by atoms with Gasteiger partial charge in [0.1, 0.15) is 0 Å². The zero-order chi connectivity index (χ0) is 16.0. The van der Waals surface area contributed by atoms with Gasteiger partial charge in [-0.25, -0.2) is 13.1 Å². The Morgan fingerprint density at radius 2 is 1.86 bits per heavy atom. The Balaban J connectivity index is 2.05. The molecule has 0 bridgehead atoms. The summed E-state index contributed by atoms with van der Waals surface area (Å²) in [5.41, 5.74) is 1.73. The highest BCUT2D eigenvalue weighted by molar-refractivity contribution is 7.90. The Morgan fingerprint density at radius 1 is 1.14 bits per heavy atom. The maximum atomic E-state index is 12.2. The average Bonchev–Trinajstić information content (AvgIpc) is 2.48. The molecule has 0 fully saturated rings. The number of aromatic nitrogens is 1. The normalized spacial score (nSPS) is 11.1. The lowest BCUT2D eigenvalue weighted by atomic mass is 10.1. The molecule has 2 rings (SSSR count). The highest BCUT2D eigenvalue weighted by Gasteiger charge is 2.17. The number of pyridine rings is 1. The van der Waals surface area contributed by atoms with E-state index in [2.05, 4.69) is 16.6 Å². The molecule has 1 N–H and O–H groups in total. The molecule has 1 aromatic heterocycles. The van der Waals surface area contributed by atoms with Crippen molar-refractivity contribution in [2.45, 2.75) is 31.1 Å². The largest absolute Gasteiger partial charge is 0.274 e. The maximum Gasteiger partial charge on any atom is 0.264 e. The van der Waals surface area contributed by atoms with Gasteiger partial charge < -0.3 is 0 Å². The zero-order valence-electron chi connectivity index (χ0n) is 12.3. The fourth-order valence-corrected chi connectivity index (χ4v) is 3.04. The van der Waals surface area contributed by atoms with E-state index < -0.39 is 15.9 Å². The van der Waals surface area contributed by atoms with Gasteiger partial charge in [-0.15, -0.1) is 0 Å². The Kier molecular flexibility index (Phi) is 5.27. The van der Waals surface area contributed by atoms with E-state index in [-0.39, 0.29) is 11.3 Å². The summed E-state index contributed by atoms with van der Waals surface area (Å²) < 4.78 is 26.4. The van der Waals surface area contributed by atoms with Gasteiger partial charge in [0.25, 0.3) is 10.0 Å². The number of hydrogen-bond acceptors (Lipinski definition) is 4. The van der Waals surface area contributed by atoms with Crippen LogP contribution in [0.4, 0.5) is 0 Å². The van der Waals surface area contributed by atoms with Crippen LogP contribution in [0.15, 0.2) is 53.7 Å². The first-order valence-corrected chi connectivity index (χ1v) is 8.53. The third-order valence-corrected chi connectivity index (χ3v) is 4.50. The third kappa shape index (κ3) is 4.39. The standard InChI is InChI=1S/C16H18N2O3S/c1-2-4-13-6-8-15(9-7-13)22(20,21)18-16(19)11-14-5-3-10-17-12-14/h3,5-10,12H,2,4,11H2,1H3,(H,18,19). The van der Waals surface area contributed by atoms with Crippen molar-refractivity contribution in [2.75, 3.05) is 0 Å². The second kappa shape index (κ2) is 7.17. The second-order valence-electron chi connectivity index (χ2n) is 4.96. The van der Waals surface area contributed by atoms with Gasteiger partial charge in [0.2, 0.25) is 5.91 Å².